The van der Waals surface area contributed by atoms with E-state index in [2.05, 4.69) is 24.1 Å². The number of carbonyl (C=O) groups excluding carboxylic acids is 1. The van der Waals surface area contributed by atoms with Crippen molar-refractivity contribution in [2.24, 2.45) is 17.3 Å². The molecule has 21 heavy (non-hydrogen) atoms. The quantitative estimate of drug-likeness (QED) is 0.786. The monoisotopic (exact) mass is 298 g/mol. The highest BCUT2D eigenvalue weighted by Crippen LogP contribution is 2.34. The number of piperidine rings is 1. The lowest BCUT2D eigenvalue weighted by Gasteiger charge is -2.39. The first-order chi connectivity index (χ1) is 9.64. The molecule has 1 fully saturated rings. The number of carboxylic acids is 1. The Morgan fingerprint density at radius 1 is 1.33 bits per heavy atom. The number of likely N-dealkylation sites (tertiary alicyclic amines) is 1. The standard InChI is InChI=1S/C16H30N2O3/c1-11(2)12(3)17-14(19)10-18-8-6-7-13(9-18)16(4,5)15(20)21/h11-13H,6-10H2,1-5H3,(H,17,19)(H,20,21). The van der Waals surface area contributed by atoms with Crippen molar-refractivity contribution in [2.75, 3.05) is 19.6 Å². The zero-order valence-corrected chi connectivity index (χ0v) is 14.0. The molecule has 1 aliphatic rings. The summed E-state index contributed by atoms with van der Waals surface area (Å²) in [5.74, 6) is -0.217. The number of hydrogen-bond acceptors (Lipinski definition) is 3. The minimum absolute atomic E-state index is 0.0324. The second-order valence-electron chi connectivity index (χ2n) is 7.20. The van der Waals surface area contributed by atoms with E-state index >= 15 is 0 Å². The Labute approximate surface area is 128 Å². The number of amides is 1. The Bertz CT molecular complexity index is 380. The average Bonchev–Trinajstić information content (AvgIpc) is 2.38. The van der Waals surface area contributed by atoms with Gasteiger partial charge in [-0.15, -0.1) is 0 Å². The molecule has 1 rings (SSSR count). The minimum Gasteiger partial charge on any atom is -0.481 e. The van der Waals surface area contributed by atoms with Gasteiger partial charge in [0.05, 0.1) is 12.0 Å². The van der Waals surface area contributed by atoms with Crippen LogP contribution in [0, 0.1) is 17.3 Å². The predicted octanol–water partition coefficient (Wildman–Crippen LogP) is 1.97. The SMILES string of the molecule is CC(C)C(C)NC(=O)CN1CCCC(C(C)(C)C(=O)O)C1. The molecule has 2 N–H and O–H groups in total. The van der Waals surface area contributed by atoms with Crippen LogP contribution in [-0.2, 0) is 9.59 Å². The molecule has 5 heteroatoms. The van der Waals surface area contributed by atoms with Crippen molar-refractivity contribution in [3.8, 4) is 0 Å². The molecule has 0 saturated carbocycles. The number of nitrogens with one attached hydrogen (secondary N) is 1. The fourth-order valence-corrected chi connectivity index (χ4v) is 2.63. The smallest absolute Gasteiger partial charge is 0.309 e. The first-order valence-corrected chi connectivity index (χ1v) is 7.89. The first-order valence-electron chi connectivity index (χ1n) is 7.89. The Balaban J connectivity index is 2.54. The second kappa shape index (κ2) is 7.25. The fraction of sp³-hybridized carbons (Fsp3) is 0.875. The lowest BCUT2D eigenvalue weighted by molar-refractivity contribution is -0.151. The van der Waals surface area contributed by atoms with Crippen LogP contribution in [0.1, 0.15) is 47.5 Å². The molecule has 0 aromatic heterocycles. The van der Waals surface area contributed by atoms with Gasteiger partial charge in [-0.05, 0) is 52.0 Å². The van der Waals surface area contributed by atoms with Gasteiger partial charge in [-0.1, -0.05) is 13.8 Å². The van der Waals surface area contributed by atoms with E-state index in [1.165, 1.54) is 0 Å². The van der Waals surface area contributed by atoms with Gasteiger partial charge in [0, 0.05) is 12.6 Å². The largest absolute Gasteiger partial charge is 0.481 e. The van der Waals surface area contributed by atoms with Crippen molar-refractivity contribution >= 4 is 11.9 Å². The van der Waals surface area contributed by atoms with Crippen molar-refractivity contribution < 1.29 is 14.7 Å². The molecule has 1 amide bonds. The number of aliphatic carboxylic acids is 1. The second-order valence-corrected chi connectivity index (χ2v) is 7.20. The van der Waals surface area contributed by atoms with E-state index < -0.39 is 11.4 Å². The maximum Gasteiger partial charge on any atom is 0.309 e. The molecule has 5 nitrogen and oxygen atoms in total. The van der Waals surface area contributed by atoms with E-state index in [1.54, 1.807) is 13.8 Å². The van der Waals surface area contributed by atoms with E-state index in [4.69, 9.17) is 0 Å². The van der Waals surface area contributed by atoms with Crippen LogP contribution in [-0.4, -0.2) is 47.6 Å². The van der Waals surface area contributed by atoms with E-state index in [-0.39, 0.29) is 17.9 Å². The molecule has 2 unspecified atom stereocenters. The summed E-state index contributed by atoms with van der Waals surface area (Å²) in [5.41, 5.74) is -0.736. The third kappa shape index (κ3) is 4.99. The molecule has 0 radical (unpaired) electrons. The maximum atomic E-state index is 12.0. The minimum atomic E-state index is -0.757. The van der Waals surface area contributed by atoms with Crippen LogP contribution in [0.25, 0.3) is 0 Å². The van der Waals surface area contributed by atoms with Gasteiger partial charge < -0.3 is 10.4 Å². The van der Waals surface area contributed by atoms with Crippen molar-refractivity contribution in [2.45, 2.75) is 53.5 Å². The van der Waals surface area contributed by atoms with Gasteiger partial charge in [-0.2, -0.15) is 0 Å². The zero-order chi connectivity index (χ0) is 16.2. The fourth-order valence-electron chi connectivity index (χ4n) is 2.63. The number of nitrogens with zero attached hydrogens (tertiary/aromatic N) is 1. The van der Waals surface area contributed by atoms with Gasteiger partial charge in [0.15, 0.2) is 0 Å². The van der Waals surface area contributed by atoms with Crippen LogP contribution < -0.4 is 5.32 Å². The summed E-state index contributed by atoms with van der Waals surface area (Å²) in [6, 6.07) is 0.161. The third-order valence-corrected chi connectivity index (χ3v) is 4.83. The number of carboxylic acid groups (broad SMARTS) is 1. The molecular formula is C16H30N2O3. The van der Waals surface area contributed by atoms with Crippen LogP contribution in [0.4, 0.5) is 0 Å². The molecule has 0 aromatic rings. The Hall–Kier alpha value is -1.10. The molecule has 0 spiro atoms. The molecular weight excluding hydrogens is 268 g/mol. The van der Waals surface area contributed by atoms with Gasteiger partial charge in [-0.3, -0.25) is 14.5 Å². The predicted molar refractivity (Wildman–Crippen MR) is 83.0 cm³/mol. The highest BCUT2D eigenvalue weighted by molar-refractivity contribution is 5.78. The average molecular weight is 298 g/mol. The molecule has 2 atom stereocenters. The lowest BCUT2D eigenvalue weighted by atomic mass is 9.74. The molecule has 1 heterocycles. The lowest BCUT2D eigenvalue weighted by Crippen LogP contribution is -2.49. The summed E-state index contributed by atoms with van der Waals surface area (Å²) in [6.45, 7) is 11.7. The molecule has 1 aliphatic heterocycles. The summed E-state index contributed by atoms with van der Waals surface area (Å²) in [6.07, 6.45) is 1.87. The Kier molecular flexibility index (Phi) is 6.20. The molecule has 0 aliphatic carbocycles. The molecule has 0 bridgehead atoms. The van der Waals surface area contributed by atoms with Crippen LogP contribution >= 0.6 is 0 Å². The summed E-state index contributed by atoms with van der Waals surface area (Å²) >= 11 is 0. The molecule has 0 aromatic carbocycles. The highest BCUT2D eigenvalue weighted by atomic mass is 16.4. The summed E-state index contributed by atoms with van der Waals surface area (Å²) in [4.78, 5) is 25.5. The highest BCUT2D eigenvalue weighted by Gasteiger charge is 2.39. The Morgan fingerprint density at radius 2 is 1.95 bits per heavy atom. The first kappa shape index (κ1) is 18.0. The van der Waals surface area contributed by atoms with Crippen molar-refractivity contribution in [3.63, 3.8) is 0 Å². The molecule has 1 saturated heterocycles. The van der Waals surface area contributed by atoms with Crippen LogP contribution in [0.5, 0.6) is 0 Å². The van der Waals surface area contributed by atoms with Gasteiger partial charge in [-0.25, -0.2) is 0 Å². The zero-order valence-electron chi connectivity index (χ0n) is 14.0. The van der Waals surface area contributed by atoms with Gasteiger partial charge >= 0.3 is 5.97 Å². The van der Waals surface area contributed by atoms with E-state index in [1.807, 2.05) is 6.92 Å². The van der Waals surface area contributed by atoms with Gasteiger partial charge in [0.2, 0.25) is 5.91 Å². The maximum absolute atomic E-state index is 12.0. The van der Waals surface area contributed by atoms with Crippen molar-refractivity contribution in [1.29, 1.82) is 0 Å². The van der Waals surface area contributed by atoms with Crippen LogP contribution in [0.3, 0.4) is 0 Å². The van der Waals surface area contributed by atoms with E-state index in [9.17, 15) is 14.7 Å². The van der Waals surface area contributed by atoms with Gasteiger partial charge in [0.1, 0.15) is 0 Å². The van der Waals surface area contributed by atoms with Gasteiger partial charge in [0.25, 0.3) is 0 Å². The van der Waals surface area contributed by atoms with Crippen LogP contribution in [0.15, 0.2) is 0 Å². The van der Waals surface area contributed by atoms with Crippen LogP contribution in [0.2, 0.25) is 0 Å². The summed E-state index contributed by atoms with van der Waals surface area (Å²) in [7, 11) is 0. The van der Waals surface area contributed by atoms with Crippen molar-refractivity contribution in [1.82, 2.24) is 10.2 Å². The Morgan fingerprint density at radius 3 is 2.48 bits per heavy atom. The number of carbonyl (C=O) groups is 2. The summed E-state index contributed by atoms with van der Waals surface area (Å²) in [5, 5.41) is 12.3. The summed E-state index contributed by atoms with van der Waals surface area (Å²) < 4.78 is 0. The topological polar surface area (TPSA) is 69.6 Å². The normalized spacial score (nSPS) is 22.1. The number of rotatable bonds is 6. The number of hydrogen-bond donors (Lipinski definition) is 2. The molecule has 122 valence electrons. The van der Waals surface area contributed by atoms with E-state index in [0.717, 1.165) is 19.4 Å². The third-order valence-electron chi connectivity index (χ3n) is 4.83. The van der Waals surface area contributed by atoms with Crippen molar-refractivity contribution in [3.05, 3.63) is 0 Å². The van der Waals surface area contributed by atoms with E-state index in [0.29, 0.717) is 19.0 Å².